The van der Waals surface area contributed by atoms with Gasteiger partial charge in [0.2, 0.25) is 0 Å². The van der Waals surface area contributed by atoms with Gasteiger partial charge in [-0.15, -0.1) is 6.58 Å². The van der Waals surface area contributed by atoms with E-state index < -0.39 is 0 Å². The van der Waals surface area contributed by atoms with Gasteiger partial charge in [-0.2, -0.15) is 0 Å². The molecular formula is C15H14. The van der Waals surface area contributed by atoms with Crippen molar-refractivity contribution in [3.05, 3.63) is 59.0 Å². The second-order valence-electron chi connectivity index (χ2n) is 3.73. The summed E-state index contributed by atoms with van der Waals surface area (Å²) >= 11 is 0. The monoisotopic (exact) mass is 194 g/mol. The highest BCUT2D eigenvalue weighted by Crippen LogP contribution is 2.15. The van der Waals surface area contributed by atoms with Crippen molar-refractivity contribution in [1.29, 1.82) is 0 Å². The molecule has 74 valence electrons. The van der Waals surface area contributed by atoms with Gasteiger partial charge in [-0.3, -0.25) is 0 Å². The Bertz CT molecular complexity index is 515. The van der Waals surface area contributed by atoms with Gasteiger partial charge in [0.1, 0.15) is 0 Å². The first-order valence-electron chi connectivity index (χ1n) is 5.22. The SMILES string of the molecule is C=CCC1=c2ccc#cc2=CCC=C1C. The lowest BCUT2D eigenvalue weighted by Crippen LogP contribution is -2.25. The summed E-state index contributed by atoms with van der Waals surface area (Å²) in [5.74, 6) is 0. The molecule has 0 aliphatic heterocycles. The van der Waals surface area contributed by atoms with Gasteiger partial charge in [0.15, 0.2) is 0 Å². The van der Waals surface area contributed by atoms with Crippen molar-refractivity contribution >= 4 is 11.6 Å². The first kappa shape index (κ1) is 9.80. The Balaban J connectivity index is 2.79. The molecule has 0 atom stereocenters. The zero-order chi connectivity index (χ0) is 10.7. The molecule has 0 radical (unpaired) electrons. The van der Waals surface area contributed by atoms with Crippen molar-refractivity contribution in [2.24, 2.45) is 0 Å². The lowest BCUT2D eigenvalue weighted by Gasteiger charge is -2.03. The van der Waals surface area contributed by atoms with E-state index in [1.165, 1.54) is 21.6 Å². The van der Waals surface area contributed by atoms with Gasteiger partial charge in [0.25, 0.3) is 0 Å². The molecule has 0 unspecified atom stereocenters. The summed E-state index contributed by atoms with van der Waals surface area (Å²) in [6.07, 6.45) is 8.31. The van der Waals surface area contributed by atoms with E-state index in [4.69, 9.17) is 0 Å². The Hall–Kier alpha value is -1.74. The quantitative estimate of drug-likeness (QED) is 0.633. The highest BCUT2D eigenvalue weighted by Gasteiger charge is 2.02. The molecule has 1 aliphatic rings. The van der Waals surface area contributed by atoms with Crippen LogP contribution in [0.5, 0.6) is 0 Å². The molecular weight excluding hydrogens is 180 g/mol. The van der Waals surface area contributed by atoms with E-state index in [1.807, 2.05) is 12.1 Å². The Morgan fingerprint density at radius 1 is 1.47 bits per heavy atom. The molecule has 0 spiro atoms. The smallest absolute Gasteiger partial charge is 0.0287 e. The molecule has 0 heteroatoms. The minimum absolute atomic E-state index is 0.918. The van der Waals surface area contributed by atoms with Crippen LogP contribution in [0.2, 0.25) is 0 Å². The summed E-state index contributed by atoms with van der Waals surface area (Å²) < 4.78 is 0. The number of rotatable bonds is 2. The van der Waals surface area contributed by atoms with Gasteiger partial charge in [-0.1, -0.05) is 35.9 Å². The molecule has 1 aliphatic carbocycles. The molecule has 0 fully saturated rings. The largest absolute Gasteiger partial charge is 0.103 e. The highest BCUT2D eigenvalue weighted by molar-refractivity contribution is 5.65. The van der Waals surface area contributed by atoms with Crippen LogP contribution in [-0.2, 0) is 0 Å². The molecule has 0 heterocycles. The van der Waals surface area contributed by atoms with E-state index in [2.05, 4.69) is 43.9 Å². The molecule has 15 heavy (non-hydrogen) atoms. The Labute approximate surface area is 91.0 Å². The molecule has 0 amide bonds. The predicted molar refractivity (Wildman–Crippen MR) is 64.4 cm³/mol. The number of allylic oxidation sites excluding steroid dienone is 3. The fourth-order valence-electron chi connectivity index (χ4n) is 1.93. The average molecular weight is 194 g/mol. The zero-order valence-electron chi connectivity index (χ0n) is 9.01. The number of hydrogen-bond acceptors (Lipinski definition) is 0. The maximum atomic E-state index is 3.82. The summed E-state index contributed by atoms with van der Waals surface area (Å²) in [5.41, 5.74) is 2.71. The van der Waals surface area contributed by atoms with Crippen molar-refractivity contribution in [3.63, 3.8) is 0 Å². The van der Waals surface area contributed by atoms with Crippen molar-refractivity contribution in [2.45, 2.75) is 19.8 Å². The molecule has 0 saturated carbocycles. The van der Waals surface area contributed by atoms with Crippen LogP contribution in [0.25, 0.3) is 11.6 Å². The molecule has 0 nitrogen and oxygen atoms in total. The summed E-state index contributed by atoms with van der Waals surface area (Å²) in [6.45, 7) is 5.98. The fraction of sp³-hybridized carbons (Fsp3) is 0.200. The maximum absolute atomic E-state index is 3.82. The van der Waals surface area contributed by atoms with Crippen LogP contribution in [0.1, 0.15) is 19.8 Å². The normalized spacial score (nSPS) is 14.2. The lowest BCUT2D eigenvalue weighted by atomic mass is 10.0. The van der Waals surface area contributed by atoms with E-state index in [9.17, 15) is 0 Å². The van der Waals surface area contributed by atoms with Crippen LogP contribution in [-0.4, -0.2) is 0 Å². The Morgan fingerprint density at radius 2 is 2.33 bits per heavy atom. The summed E-state index contributed by atoms with van der Waals surface area (Å²) in [5, 5.41) is 2.45. The second kappa shape index (κ2) is 4.19. The van der Waals surface area contributed by atoms with Crippen molar-refractivity contribution < 1.29 is 0 Å². The average Bonchev–Trinajstić information content (AvgIpc) is 2.40. The van der Waals surface area contributed by atoms with Crippen LogP contribution >= 0.6 is 0 Å². The van der Waals surface area contributed by atoms with Crippen molar-refractivity contribution in [2.75, 3.05) is 0 Å². The Kier molecular flexibility index (Phi) is 2.74. The third-order valence-corrected chi connectivity index (χ3v) is 2.73. The van der Waals surface area contributed by atoms with Gasteiger partial charge in [0, 0.05) is 5.22 Å². The van der Waals surface area contributed by atoms with Crippen LogP contribution in [0.15, 0.2) is 36.4 Å². The molecule has 0 aromatic heterocycles. The van der Waals surface area contributed by atoms with Crippen molar-refractivity contribution in [1.82, 2.24) is 0 Å². The van der Waals surface area contributed by atoms with E-state index in [1.54, 1.807) is 0 Å². The summed E-state index contributed by atoms with van der Waals surface area (Å²) in [4.78, 5) is 0. The molecule has 0 bridgehead atoms. The topological polar surface area (TPSA) is 0 Å². The molecule has 2 rings (SSSR count). The Morgan fingerprint density at radius 3 is 3.13 bits per heavy atom. The molecule has 1 aromatic carbocycles. The van der Waals surface area contributed by atoms with Crippen LogP contribution < -0.4 is 10.4 Å². The van der Waals surface area contributed by atoms with E-state index in [0.29, 0.717) is 0 Å². The van der Waals surface area contributed by atoms with Gasteiger partial charge in [-0.05, 0) is 42.7 Å². The summed E-state index contributed by atoms with van der Waals surface area (Å²) in [7, 11) is 0. The van der Waals surface area contributed by atoms with Crippen LogP contribution in [0.4, 0.5) is 0 Å². The second-order valence-corrected chi connectivity index (χ2v) is 3.73. The molecule has 0 N–H and O–H groups in total. The standard InChI is InChI=1S/C15H14/c1-3-7-14-12(2)8-6-10-13-9-4-5-11-15(13)14/h3,5,8,10-11H,1,6-7H2,2H3. The van der Waals surface area contributed by atoms with E-state index in [-0.39, 0.29) is 0 Å². The highest BCUT2D eigenvalue weighted by atomic mass is 14.1. The van der Waals surface area contributed by atoms with E-state index >= 15 is 0 Å². The minimum atomic E-state index is 0.918. The predicted octanol–water partition coefficient (Wildman–Crippen LogP) is 2.14. The zero-order valence-corrected chi connectivity index (χ0v) is 9.01. The third-order valence-electron chi connectivity index (χ3n) is 2.73. The van der Waals surface area contributed by atoms with Crippen LogP contribution in [0.3, 0.4) is 0 Å². The van der Waals surface area contributed by atoms with Gasteiger partial charge >= 0.3 is 0 Å². The third kappa shape index (κ3) is 1.87. The van der Waals surface area contributed by atoms with Crippen molar-refractivity contribution in [3.8, 4) is 0 Å². The molecule has 1 aromatic rings. The fourth-order valence-corrected chi connectivity index (χ4v) is 1.93. The van der Waals surface area contributed by atoms with Gasteiger partial charge in [-0.25, -0.2) is 0 Å². The molecule has 0 saturated heterocycles. The van der Waals surface area contributed by atoms with E-state index in [0.717, 1.165) is 12.8 Å². The van der Waals surface area contributed by atoms with Gasteiger partial charge in [0.05, 0.1) is 0 Å². The lowest BCUT2D eigenvalue weighted by molar-refractivity contribution is 1.31. The van der Waals surface area contributed by atoms with Gasteiger partial charge < -0.3 is 0 Å². The maximum Gasteiger partial charge on any atom is 0.0287 e. The summed E-state index contributed by atoms with van der Waals surface area (Å²) in [6, 6.07) is 10.2. The first-order valence-corrected chi connectivity index (χ1v) is 5.22. The number of fused-ring (bicyclic) bond motifs is 1. The van der Waals surface area contributed by atoms with Crippen LogP contribution in [0, 0.1) is 12.1 Å². The first-order chi connectivity index (χ1) is 7.33. The minimum Gasteiger partial charge on any atom is -0.103 e. The number of hydrogen-bond donors (Lipinski definition) is 0.